The maximum Gasteiger partial charge on any atom is 0.149 e. The molecule has 1 aromatic heterocycles. The van der Waals surface area contributed by atoms with Crippen LogP contribution < -0.4 is 5.32 Å². The van der Waals surface area contributed by atoms with E-state index in [-0.39, 0.29) is 6.04 Å². The highest BCUT2D eigenvalue weighted by atomic mass is 79.9. The van der Waals surface area contributed by atoms with Gasteiger partial charge in [0.2, 0.25) is 0 Å². The van der Waals surface area contributed by atoms with Gasteiger partial charge in [0, 0.05) is 18.3 Å². The molecule has 0 radical (unpaired) electrons. The number of nitrogens with one attached hydrogen (secondary N) is 1. The number of anilines is 1. The zero-order valence-corrected chi connectivity index (χ0v) is 15.0. The van der Waals surface area contributed by atoms with E-state index in [1.165, 1.54) is 36.8 Å². The van der Waals surface area contributed by atoms with Crippen molar-refractivity contribution >= 4 is 21.7 Å². The van der Waals surface area contributed by atoms with Crippen molar-refractivity contribution in [1.82, 2.24) is 9.97 Å². The summed E-state index contributed by atoms with van der Waals surface area (Å²) in [6.45, 7) is 0. The Bertz CT molecular complexity index is 801. The Balaban J connectivity index is 1.53. The van der Waals surface area contributed by atoms with Crippen molar-refractivity contribution in [1.29, 1.82) is 0 Å². The summed E-state index contributed by atoms with van der Waals surface area (Å²) in [5.74, 6) is 1.93. The summed E-state index contributed by atoms with van der Waals surface area (Å²) in [6.07, 6.45) is 5.05. The van der Waals surface area contributed by atoms with Crippen LogP contribution >= 0.6 is 15.9 Å². The molecular formula is C19H20BrN3O. The Hall–Kier alpha value is -1.46. The Morgan fingerprint density at radius 1 is 1.00 bits per heavy atom. The summed E-state index contributed by atoms with van der Waals surface area (Å²) in [4.78, 5) is 9.76. The molecule has 2 N–H and O–H groups in total. The van der Waals surface area contributed by atoms with Crippen LogP contribution in [0.2, 0.25) is 0 Å². The van der Waals surface area contributed by atoms with E-state index in [1.807, 2.05) is 12.1 Å². The number of fused-ring (bicyclic) bond motifs is 1. The zero-order valence-electron chi connectivity index (χ0n) is 13.4. The van der Waals surface area contributed by atoms with Crippen LogP contribution in [-0.4, -0.2) is 21.2 Å². The Morgan fingerprint density at radius 2 is 1.71 bits per heavy atom. The monoisotopic (exact) mass is 385 g/mol. The number of hydrogen-bond donors (Lipinski definition) is 2. The molecule has 0 aliphatic heterocycles. The number of hydrogen-bond acceptors (Lipinski definition) is 4. The van der Waals surface area contributed by atoms with Crippen LogP contribution in [0.15, 0.2) is 28.9 Å². The van der Waals surface area contributed by atoms with Crippen LogP contribution in [0.3, 0.4) is 0 Å². The average molecular weight is 386 g/mol. The normalized spacial score (nSPS) is 25.6. The standard InChI is InChI=1S/C19H20BrN3O/c20-18-15(10-5-6-10)22-19(16(21-18)11-7-8-11)23-17-13-4-2-1-3-12(13)9-14(17)24/h1-4,10-11,14,17,24H,5-9H2,(H,22,23). The number of aliphatic hydroxyl groups excluding tert-OH is 1. The lowest BCUT2D eigenvalue weighted by atomic mass is 10.1. The van der Waals surface area contributed by atoms with Crippen LogP contribution in [0, 0.1) is 0 Å². The molecule has 0 spiro atoms. The smallest absolute Gasteiger partial charge is 0.149 e. The number of nitrogens with zero attached hydrogens (tertiary/aromatic N) is 2. The van der Waals surface area contributed by atoms with Crippen LogP contribution in [0.25, 0.3) is 0 Å². The van der Waals surface area contributed by atoms with Gasteiger partial charge in [-0.25, -0.2) is 9.97 Å². The number of aromatic nitrogens is 2. The fraction of sp³-hybridized carbons (Fsp3) is 0.474. The first kappa shape index (κ1) is 14.8. The summed E-state index contributed by atoms with van der Waals surface area (Å²) in [7, 11) is 0. The molecule has 2 unspecified atom stereocenters. The molecule has 1 heterocycles. The largest absolute Gasteiger partial charge is 0.390 e. The van der Waals surface area contributed by atoms with Crippen molar-refractivity contribution in [2.75, 3.05) is 5.32 Å². The van der Waals surface area contributed by atoms with E-state index in [4.69, 9.17) is 9.97 Å². The summed E-state index contributed by atoms with van der Waals surface area (Å²) in [6, 6.07) is 8.19. The Morgan fingerprint density at radius 3 is 2.46 bits per heavy atom. The molecule has 0 bridgehead atoms. The minimum Gasteiger partial charge on any atom is -0.390 e. The van der Waals surface area contributed by atoms with Crippen molar-refractivity contribution in [2.45, 2.75) is 56.1 Å². The average Bonchev–Trinajstić information content (AvgIpc) is 3.46. The second-order valence-electron chi connectivity index (χ2n) is 7.27. The third-order valence-corrected chi connectivity index (χ3v) is 5.91. The van der Waals surface area contributed by atoms with E-state index in [9.17, 15) is 5.11 Å². The second-order valence-corrected chi connectivity index (χ2v) is 8.03. The SMILES string of the molecule is OC1Cc2ccccc2C1Nc1nc(C2CC2)c(Br)nc1C1CC1. The van der Waals surface area contributed by atoms with Gasteiger partial charge in [0.05, 0.1) is 23.5 Å². The van der Waals surface area contributed by atoms with Crippen LogP contribution in [0.1, 0.15) is 66.1 Å². The van der Waals surface area contributed by atoms with Gasteiger partial charge in [0.1, 0.15) is 10.4 Å². The number of halogens is 1. The van der Waals surface area contributed by atoms with E-state index in [0.29, 0.717) is 18.3 Å². The lowest BCUT2D eigenvalue weighted by molar-refractivity contribution is 0.165. The summed E-state index contributed by atoms with van der Waals surface area (Å²) < 4.78 is 0.907. The highest BCUT2D eigenvalue weighted by Gasteiger charge is 2.36. The first-order valence-electron chi connectivity index (χ1n) is 8.80. The summed E-state index contributed by atoms with van der Waals surface area (Å²) in [5.41, 5.74) is 4.54. The zero-order chi connectivity index (χ0) is 16.3. The van der Waals surface area contributed by atoms with Gasteiger partial charge in [-0.2, -0.15) is 0 Å². The molecule has 2 atom stereocenters. The van der Waals surface area contributed by atoms with Gasteiger partial charge >= 0.3 is 0 Å². The van der Waals surface area contributed by atoms with Crippen molar-refractivity contribution in [3.63, 3.8) is 0 Å². The van der Waals surface area contributed by atoms with Gasteiger partial charge in [-0.15, -0.1) is 0 Å². The summed E-state index contributed by atoms with van der Waals surface area (Å²) in [5, 5.41) is 14.1. The van der Waals surface area contributed by atoms with Gasteiger partial charge in [-0.05, 0) is 52.7 Å². The second kappa shape index (κ2) is 5.53. The molecule has 1 aromatic carbocycles. The lowest BCUT2D eigenvalue weighted by Crippen LogP contribution is -2.23. The first-order chi connectivity index (χ1) is 11.7. The molecule has 0 amide bonds. The third-order valence-electron chi connectivity index (χ3n) is 5.33. The van der Waals surface area contributed by atoms with Crippen molar-refractivity contribution in [3.05, 3.63) is 51.4 Å². The minimum absolute atomic E-state index is 0.0961. The Kier molecular flexibility index (Phi) is 3.42. The van der Waals surface area contributed by atoms with E-state index in [0.717, 1.165) is 21.8 Å². The van der Waals surface area contributed by atoms with E-state index in [2.05, 4.69) is 33.4 Å². The van der Waals surface area contributed by atoms with E-state index in [1.54, 1.807) is 0 Å². The van der Waals surface area contributed by atoms with Crippen LogP contribution in [-0.2, 0) is 6.42 Å². The van der Waals surface area contributed by atoms with Crippen molar-refractivity contribution < 1.29 is 5.11 Å². The van der Waals surface area contributed by atoms with Gasteiger partial charge in [0.25, 0.3) is 0 Å². The van der Waals surface area contributed by atoms with E-state index >= 15 is 0 Å². The molecule has 0 saturated heterocycles. The third kappa shape index (κ3) is 2.54. The molecule has 5 rings (SSSR count). The molecule has 2 aromatic rings. The van der Waals surface area contributed by atoms with Crippen LogP contribution in [0.5, 0.6) is 0 Å². The first-order valence-corrected chi connectivity index (χ1v) is 9.59. The van der Waals surface area contributed by atoms with Gasteiger partial charge in [0.15, 0.2) is 0 Å². The minimum atomic E-state index is -0.413. The molecule has 3 aliphatic rings. The molecule has 5 heteroatoms. The topological polar surface area (TPSA) is 58.0 Å². The van der Waals surface area contributed by atoms with E-state index < -0.39 is 6.10 Å². The molecule has 4 nitrogen and oxygen atoms in total. The fourth-order valence-electron chi connectivity index (χ4n) is 3.70. The van der Waals surface area contributed by atoms with Crippen molar-refractivity contribution in [2.24, 2.45) is 0 Å². The lowest BCUT2D eigenvalue weighted by Gasteiger charge is -2.21. The Labute approximate surface area is 149 Å². The molecule has 2 fully saturated rings. The number of benzene rings is 1. The fourth-order valence-corrected chi connectivity index (χ4v) is 4.30. The maximum absolute atomic E-state index is 10.5. The predicted molar refractivity (Wildman–Crippen MR) is 96.2 cm³/mol. The predicted octanol–water partition coefficient (Wildman–Crippen LogP) is 4.06. The quantitative estimate of drug-likeness (QED) is 0.832. The van der Waals surface area contributed by atoms with Gasteiger partial charge < -0.3 is 10.4 Å². The maximum atomic E-state index is 10.5. The molecule has 3 aliphatic carbocycles. The molecule has 2 saturated carbocycles. The number of aliphatic hydroxyl groups is 1. The summed E-state index contributed by atoms with van der Waals surface area (Å²) >= 11 is 3.62. The molecule has 124 valence electrons. The molecule has 24 heavy (non-hydrogen) atoms. The highest BCUT2D eigenvalue weighted by Crippen LogP contribution is 2.47. The highest BCUT2D eigenvalue weighted by molar-refractivity contribution is 9.10. The van der Waals surface area contributed by atoms with Crippen LogP contribution in [0.4, 0.5) is 5.82 Å². The van der Waals surface area contributed by atoms with Gasteiger partial charge in [-0.1, -0.05) is 24.3 Å². The van der Waals surface area contributed by atoms with Crippen molar-refractivity contribution in [3.8, 4) is 0 Å². The van der Waals surface area contributed by atoms with Gasteiger partial charge in [-0.3, -0.25) is 0 Å². The molecular weight excluding hydrogens is 366 g/mol. The number of rotatable bonds is 4.